The third kappa shape index (κ3) is 3.42. The van der Waals surface area contributed by atoms with Crippen LogP contribution in [0.3, 0.4) is 0 Å². The molecule has 0 spiro atoms. The van der Waals surface area contributed by atoms with Gasteiger partial charge in [-0.3, -0.25) is 9.78 Å². The normalized spacial score (nSPS) is 12.1. The molecule has 0 radical (unpaired) electrons. The summed E-state index contributed by atoms with van der Waals surface area (Å²) >= 11 is 0. The number of aryl methyl sites for hydroxylation is 2. The average Bonchev–Trinajstić information content (AvgIpc) is 2.35. The van der Waals surface area contributed by atoms with Gasteiger partial charge in [0.05, 0.1) is 11.4 Å². The van der Waals surface area contributed by atoms with Gasteiger partial charge in [0.25, 0.3) is 0 Å². The van der Waals surface area contributed by atoms with E-state index in [9.17, 15) is 4.79 Å². The lowest BCUT2D eigenvalue weighted by Gasteiger charge is -2.24. The molecular formula is C13H22N4O. The first kappa shape index (κ1) is 14.4. The minimum absolute atomic E-state index is 0.0858. The largest absolute Gasteiger partial charge is 0.357 e. The number of hydrogen-bond donors (Lipinski definition) is 1. The highest BCUT2D eigenvalue weighted by molar-refractivity contribution is 5.84. The molecule has 5 nitrogen and oxygen atoms in total. The summed E-state index contributed by atoms with van der Waals surface area (Å²) in [6.07, 6.45) is 1.72. The Bertz CT molecular complexity index is 415. The Balaban J connectivity index is 2.77. The van der Waals surface area contributed by atoms with Gasteiger partial charge in [-0.15, -0.1) is 0 Å². The highest BCUT2D eigenvalue weighted by atomic mass is 16.2. The lowest BCUT2D eigenvalue weighted by atomic mass is 10.2. The Labute approximate surface area is 109 Å². The average molecular weight is 250 g/mol. The molecule has 1 unspecified atom stereocenters. The maximum absolute atomic E-state index is 12.1. The number of rotatable bonds is 5. The molecule has 5 heteroatoms. The summed E-state index contributed by atoms with van der Waals surface area (Å²) in [5, 5.41) is 3.14. The summed E-state index contributed by atoms with van der Waals surface area (Å²) in [4.78, 5) is 22.5. The molecule has 18 heavy (non-hydrogen) atoms. The van der Waals surface area contributed by atoms with Crippen LogP contribution >= 0.6 is 0 Å². The summed E-state index contributed by atoms with van der Waals surface area (Å²) in [5.74, 6) is 0.769. The fourth-order valence-corrected chi connectivity index (χ4v) is 1.75. The maximum atomic E-state index is 12.1. The molecule has 1 atom stereocenters. The van der Waals surface area contributed by atoms with Crippen LogP contribution in [0.15, 0.2) is 6.20 Å². The van der Waals surface area contributed by atoms with E-state index in [1.165, 1.54) is 0 Å². The second-order valence-electron chi connectivity index (χ2n) is 4.32. The molecule has 0 aliphatic carbocycles. The maximum Gasteiger partial charge on any atom is 0.244 e. The van der Waals surface area contributed by atoms with Crippen LogP contribution in [0.25, 0.3) is 0 Å². The summed E-state index contributed by atoms with van der Waals surface area (Å²) < 4.78 is 0. The van der Waals surface area contributed by atoms with Crippen LogP contribution in [-0.4, -0.2) is 39.9 Å². The number of aromatic nitrogens is 2. The number of amides is 1. The van der Waals surface area contributed by atoms with Gasteiger partial charge in [0.2, 0.25) is 5.91 Å². The fourth-order valence-electron chi connectivity index (χ4n) is 1.75. The van der Waals surface area contributed by atoms with Crippen LogP contribution in [0.1, 0.15) is 32.2 Å². The van der Waals surface area contributed by atoms with Crippen LogP contribution in [0.4, 0.5) is 5.82 Å². The van der Waals surface area contributed by atoms with Gasteiger partial charge in [-0.05, 0) is 34.6 Å². The summed E-state index contributed by atoms with van der Waals surface area (Å²) in [5.41, 5.74) is 1.64. The van der Waals surface area contributed by atoms with Gasteiger partial charge in [-0.1, -0.05) is 0 Å². The van der Waals surface area contributed by atoms with Crippen molar-refractivity contribution in [2.45, 2.75) is 40.7 Å². The number of nitrogens with one attached hydrogen (secondary N) is 1. The number of carbonyl (C=O) groups excluding carboxylic acids is 1. The van der Waals surface area contributed by atoms with Crippen molar-refractivity contribution >= 4 is 11.7 Å². The molecule has 1 N–H and O–H groups in total. The molecule has 1 aromatic heterocycles. The van der Waals surface area contributed by atoms with Crippen LogP contribution < -0.4 is 5.32 Å². The van der Waals surface area contributed by atoms with Gasteiger partial charge in [0.15, 0.2) is 0 Å². The number of likely N-dealkylation sites (N-methyl/N-ethyl adjacent to an activating group) is 1. The molecule has 0 fully saturated rings. The summed E-state index contributed by atoms with van der Waals surface area (Å²) in [6.45, 7) is 11.0. The van der Waals surface area contributed by atoms with Gasteiger partial charge in [-0.25, -0.2) is 4.98 Å². The van der Waals surface area contributed by atoms with Crippen molar-refractivity contribution in [1.29, 1.82) is 0 Å². The van der Waals surface area contributed by atoms with Crippen molar-refractivity contribution in [2.24, 2.45) is 0 Å². The van der Waals surface area contributed by atoms with E-state index >= 15 is 0 Å². The van der Waals surface area contributed by atoms with E-state index in [2.05, 4.69) is 15.3 Å². The van der Waals surface area contributed by atoms with Crippen molar-refractivity contribution in [2.75, 3.05) is 18.4 Å². The first-order valence-electron chi connectivity index (χ1n) is 6.35. The van der Waals surface area contributed by atoms with Crippen LogP contribution in [0.2, 0.25) is 0 Å². The fraction of sp³-hybridized carbons (Fsp3) is 0.615. The quantitative estimate of drug-likeness (QED) is 0.865. The topological polar surface area (TPSA) is 58.1 Å². The van der Waals surface area contributed by atoms with E-state index < -0.39 is 0 Å². The molecular weight excluding hydrogens is 228 g/mol. The van der Waals surface area contributed by atoms with Crippen molar-refractivity contribution in [3.8, 4) is 0 Å². The second kappa shape index (κ2) is 6.33. The number of nitrogens with zero attached hydrogens (tertiary/aromatic N) is 3. The monoisotopic (exact) mass is 250 g/mol. The molecule has 1 heterocycles. The van der Waals surface area contributed by atoms with Gasteiger partial charge in [0, 0.05) is 19.3 Å². The van der Waals surface area contributed by atoms with Crippen molar-refractivity contribution in [3.05, 3.63) is 17.6 Å². The van der Waals surface area contributed by atoms with E-state index in [0.717, 1.165) is 24.5 Å². The Morgan fingerprint density at radius 2 is 2.00 bits per heavy atom. The predicted octanol–water partition coefficient (Wildman–Crippen LogP) is 1.76. The number of anilines is 1. The third-order valence-corrected chi connectivity index (χ3v) is 2.87. The Kier molecular flexibility index (Phi) is 5.07. The van der Waals surface area contributed by atoms with E-state index in [1.807, 2.05) is 34.6 Å². The predicted molar refractivity (Wildman–Crippen MR) is 72.5 cm³/mol. The highest BCUT2D eigenvalue weighted by Crippen LogP contribution is 2.11. The Morgan fingerprint density at radius 3 is 2.56 bits per heavy atom. The minimum atomic E-state index is -0.292. The van der Waals surface area contributed by atoms with Gasteiger partial charge >= 0.3 is 0 Å². The van der Waals surface area contributed by atoms with E-state index in [4.69, 9.17) is 0 Å². The summed E-state index contributed by atoms with van der Waals surface area (Å²) in [7, 11) is 0. The zero-order valence-corrected chi connectivity index (χ0v) is 11.8. The number of carbonyl (C=O) groups is 1. The molecule has 1 amide bonds. The SMILES string of the molecule is CCN(CC)C(=O)C(C)Nc1nc(C)cnc1C. The zero-order chi connectivity index (χ0) is 13.7. The van der Waals surface area contributed by atoms with Gasteiger partial charge < -0.3 is 10.2 Å². The standard InChI is InChI=1S/C13H22N4O/c1-6-17(7-2)13(18)11(5)16-12-10(4)14-8-9(3)15-12/h8,11H,6-7H2,1-5H3,(H,15,16). The molecule has 1 rings (SSSR count). The molecule has 0 bridgehead atoms. The number of hydrogen-bond acceptors (Lipinski definition) is 4. The van der Waals surface area contributed by atoms with Crippen LogP contribution in [-0.2, 0) is 4.79 Å². The van der Waals surface area contributed by atoms with Gasteiger partial charge in [-0.2, -0.15) is 0 Å². The smallest absolute Gasteiger partial charge is 0.244 e. The molecule has 0 aliphatic heterocycles. The van der Waals surface area contributed by atoms with Crippen molar-refractivity contribution in [3.63, 3.8) is 0 Å². The molecule has 0 saturated carbocycles. The zero-order valence-electron chi connectivity index (χ0n) is 11.8. The molecule has 100 valence electrons. The van der Waals surface area contributed by atoms with Gasteiger partial charge in [0.1, 0.15) is 11.9 Å². The molecule has 0 aromatic carbocycles. The van der Waals surface area contributed by atoms with Crippen LogP contribution in [0.5, 0.6) is 0 Å². The first-order chi connectivity index (χ1) is 8.49. The molecule has 0 saturated heterocycles. The van der Waals surface area contributed by atoms with Crippen molar-refractivity contribution < 1.29 is 4.79 Å². The Hall–Kier alpha value is -1.65. The van der Waals surface area contributed by atoms with Crippen LogP contribution in [0, 0.1) is 13.8 Å². The van der Waals surface area contributed by atoms with Crippen molar-refractivity contribution in [1.82, 2.24) is 14.9 Å². The minimum Gasteiger partial charge on any atom is -0.357 e. The highest BCUT2D eigenvalue weighted by Gasteiger charge is 2.19. The van der Waals surface area contributed by atoms with E-state index in [-0.39, 0.29) is 11.9 Å². The van der Waals surface area contributed by atoms with E-state index in [1.54, 1.807) is 11.1 Å². The summed E-state index contributed by atoms with van der Waals surface area (Å²) in [6, 6.07) is -0.292. The second-order valence-corrected chi connectivity index (χ2v) is 4.32. The lowest BCUT2D eigenvalue weighted by molar-refractivity contribution is -0.131. The lowest BCUT2D eigenvalue weighted by Crippen LogP contribution is -2.41. The first-order valence-corrected chi connectivity index (χ1v) is 6.35. The Morgan fingerprint density at radius 1 is 1.39 bits per heavy atom. The third-order valence-electron chi connectivity index (χ3n) is 2.87. The molecule has 1 aromatic rings. The molecule has 0 aliphatic rings. The van der Waals surface area contributed by atoms with E-state index in [0.29, 0.717) is 5.82 Å².